The number of carbonyl (C=O) groups is 1. The van der Waals surface area contributed by atoms with Crippen molar-refractivity contribution in [3.05, 3.63) is 65.0 Å². The van der Waals surface area contributed by atoms with Gasteiger partial charge in [-0.15, -0.1) is 0 Å². The highest BCUT2D eigenvalue weighted by atomic mass is 16.6. The molecule has 3 aromatic rings. The summed E-state index contributed by atoms with van der Waals surface area (Å²) in [6.07, 6.45) is 0.970. The molecule has 0 amide bonds. The molecular weight excluding hydrogens is 344 g/mol. The SMILES string of the molecule is CCc1ccc(-c2noc(COC(=O)COc3cccc(C)c3C)n2)cc1. The first kappa shape index (κ1) is 18.6. The van der Waals surface area contributed by atoms with Crippen molar-refractivity contribution in [1.29, 1.82) is 0 Å². The molecule has 0 saturated carbocycles. The summed E-state index contributed by atoms with van der Waals surface area (Å²) in [6, 6.07) is 13.6. The second-order valence-corrected chi connectivity index (χ2v) is 6.21. The molecule has 6 nitrogen and oxygen atoms in total. The van der Waals surface area contributed by atoms with Gasteiger partial charge in [0.2, 0.25) is 5.82 Å². The summed E-state index contributed by atoms with van der Waals surface area (Å²) >= 11 is 0. The Morgan fingerprint density at radius 2 is 1.89 bits per heavy atom. The Bertz CT molecular complexity index is 916. The molecule has 27 heavy (non-hydrogen) atoms. The van der Waals surface area contributed by atoms with Gasteiger partial charge in [-0.1, -0.05) is 48.5 Å². The minimum Gasteiger partial charge on any atom is -0.482 e. The second kappa shape index (κ2) is 8.49. The number of rotatable bonds is 7. The van der Waals surface area contributed by atoms with Gasteiger partial charge in [-0.25, -0.2) is 4.79 Å². The minimum absolute atomic E-state index is 0.0883. The van der Waals surface area contributed by atoms with Crippen LogP contribution in [0.3, 0.4) is 0 Å². The van der Waals surface area contributed by atoms with Crippen LogP contribution in [-0.4, -0.2) is 22.7 Å². The lowest BCUT2D eigenvalue weighted by Gasteiger charge is -2.10. The van der Waals surface area contributed by atoms with Crippen molar-refractivity contribution < 1.29 is 18.8 Å². The van der Waals surface area contributed by atoms with E-state index in [0.29, 0.717) is 11.6 Å². The molecule has 0 fully saturated rings. The third-order valence-electron chi connectivity index (χ3n) is 4.35. The van der Waals surface area contributed by atoms with Gasteiger partial charge in [0.05, 0.1) is 0 Å². The number of carbonyl (C=O) groups excluding carboxylic acids is 1. The molecule has 0 bridgehead atoms. The van der Waals surface area contributed by atoms with Gasteiger partial charge in [-0.05, 0) is 43.0 Å². The van der Waals surface area contributed by atoms with Crippen molar-refractivity contribution in [3.8, 4) is 17.1 Å². The standard InChI is InChI=1S/C21H22N2O4/c1-4-16-8-10-17(11-9-16)21-22-19(27-23-21)12-26-20(24)13-25-18-7-5-6-14(2)15(18)3/h5-11H,4,12-13H2,1-3H3. The van der Waals surface area contributed by atoms with Crippen LogP contribution in [0.25, 0.3) is 11.4 Å². The number of benzene rings is 2. The molecule has 0 atom stereocenters. The molecule has 1 heterocycles. The summed E-state index contributed by atoms with van der Waals surface area (Å²) in [5.74, 6) is 0.880. The first-order chi connectivity index (χ1) is 13.1. The largest absolute Gasteiger partial charge is 0.482 e. The van der Waals surface area contributed by atoms with Crippen molar-refractivity contribution in [3.63, 3.8) is 0 Å². The Morgan fingerprint density at radius 3 is 2.63 bits per heavy atom. The van der Waals surface area contributed by atoms with Gasteiger partial charge in [0, 0.05) is 5.56 Å². The fourth-order valence-corrected chi connectivity index (χ4v) is 2.52. The number of esters is 1. The molecule has 2 aromatic carbocycles. The lowest BCUT2D eigenvalue weighted by atomic mass is 10.1. The molecule has 140 valence electrons. The highest BCUT2D eigenvalue weighted by Gasteiger charge is 2.12. The summed E-state index contributed by atoms with van der Waals surface area (Å²) in [4.78, 5) is 16.2. The number of hydrogen-bond donors (Lipinski definition) is 0. The van der Waals surface area contributed by atoms with E-state index in [-0.39, 0.29) is 19.1 Å². The number of ether oxygens (including phenoxy) is 2. The van der Waals surface area contributed by atoms with Gasteiger partial charge in [0.15, 0.2) is 13.2 Å². The Labute approximate surface area is 158 Å². The Kier molecular flexibility index (Phi) is 5.86. The Hall–Kier alpha value is -3.15. The van der Waals surface area contributed by atoms with E-state index in [0.717, 1.165) is 23.1 Å². The summed E-state index contributed by atoms with van der Waals surface area (Å²) in [5, 5.41) is 3.93. The summed E-state index contributed by atoms with van der Waals surface area (Å²) in [6.45, 7) is 5.77. The molecule has 0 aliphatic rings. The van der Waals surface area contributed by atoms with Crippen LogP contribution in [0.4, 0.5) is 0 Å². The average molecular weight is 366 g/mol. The number of hydrogen-bond acceptors (Lipinski definition) is 6. The fourth-order valence-electron chi connectivity index (χ4n) is 2.52. The van der Waals surface area contributed by atoms with Gasteiger partial charge < -0.3 is 14.0 Å². The van der Waals surface area contributed by atoms with E-state index >= 15 is 0 Å². The molecule has 0 unspecified atom stereocenters. The molecule has 1 aromatic heterocycles. The zero-order valence-corrected chi connectivity index (χ0v) is 15.7. The minimum atomic E-state index is -0.497. The van der Waals surface area contributed by atoms with Gasteiger partial charge >= 0.3 is 5.97 Å². The molecule has 3 rings (SSSR count). The van der Waals surface area contributed by atoms with E-state index in [1.807, 2.05) is 56.3 Å². The van der Waals surface area contributed by atoms with Crippen LogP contribution in [0, 0.1) is 13.8 Å². The van der Waals surface area contributed by atoms with E-state index in [1.54, 1.807) is 0 Å². The van der Waals surface area contributed by atoms with E-state index in [9.17, 15) is 4.79 Å². The lowest BCUT2D eigenvalue weighted by Crippen LogP contribution is -2.15. The molecule has 0 radical (unpaired) electrons. The average Bonchev–Trinajstić information content (AvgIpc) is 3.16. The highest BCUT2D eigenvalue weighted by molar-refractivity contribution is 5.71. The van der Waals surface area contributed by atoms with Crippen LogP contribution < -0.4 is 4.74 Å². The van der Waals surface area contributed by atoms with Crippen LogP contribution in [0.15, 0.2) is 47.0 Å². The number of aryl methyl sites for hydroxylation is 2. The van der Waals surface area contributed by atoms with E-state index in [1.165, 1.54) is 5.56 Å². The van der Waals surface area contributed by atoms with E-state index in [4.69, 9.17) is 14.0 Å². The molecule has 0 aliphatic carbocycles. The van der Waals surface area contributed by atoms with Gasteiger partial charge in [-0.3, -0.25) is 0 Å². The highest BCUT2D eigenvalue weighted by Crippen LogP contribution is 2.20. The molecule has 0 aliphatic heterocycles. The third kappa shape index (κ3) is 4.73. The first-order valence-corrected chi connectivity index (χ1v) is 8.83. The third-order valence-corrected chi connectivity index (χ3v) is 4.35. The maximum atomic E-state index is 11.9. The maximum Gasteiger partial charge on any atom is 0.344 e. The maximum absolute atomic E-state index is 11.9. The number of nitrogens with zero attached hydrogens (tertiary/aromatic N) is 2. The van der Waals surface area contributed by atoms with Crippen LogP contribution in [0.2, 0.25) is 0 Å². The first-order valence-electron chi connectivity index (χ1n) is 8.83. The predicted molar refractivity (Wildman–Crippen MR) is 100 cm³/mol. The Balaban J connectivity index is 1.52. The molecule has 6 heteroatoms. The van der Waals surface area contributed by atoms with Crippen molar-refractivity contribution in [1.82, 2.24) is 10.1 Å². The van der Waals surface area contributed by atoms with Crippen molar-refractivity contribution in [2.24, 2.45) is 0 Å². The van der Waals surface area contributed by atoms with E-state index < -0.39 is 5.97 Å². The van der Waals surface area contributed by atoms with Crippen molar-refractivity contribution >= 4 is 5.97 Å². The molecule has 0 saturated heterocycles. The summed E-state index contributed by atoms with van der Waals surface area (Å²) in [5.41, 5.74) is 4.19. The monoisotopic (exact) mass is 366 g/mol. The predicted octanol–water partition coefficient (Wildman–Crippen LogP) is 4.04. The lowest BCUT2D eigenvalue weighted by molar-refractivity contribution is -0.148. The quantitative estimate of drug-likeness (QED) is 0.588. The van der Waals surface area contributed by atoms with Crippen LogP contribution in [0.5, 0.6) is 5.75 Å². The second-order valence-electron chi connectivity index (χ2n) is 6.21. The van der Waals surface area contributed by atoms with Crippen molar-refractivity contribution in [2.75, 3.05) is 6.61 Å². The van der Waals surface area contributed by atoms with Crippen LogP contribution in [-0.2, 0) is 22.6 Å². The number of aromatic nitrogens is 2. The fraction of sp³-hybridized carbons (Fsp3) is 0.286. The zero-order chi connectivity index (χ0) is 19.2. The van der Waals surface area contributed by atoms with Crippen LogP contribution >= 0.6 is 0 Å². The molecule has 0 spiro atoms. The van der Waals surface area contributed by atoms with Gasteiger partial charge in [0.1, 0.15) is 5.75 Å². The normalized spacial score (nSPS) is 10.6. The summed E-state index contributed by atoms with van der Waals surface area (Å²) in [7, 11) is 0. The molecular formula is C21H22N2O4. The summed E-state index contributed by atoms with van der Waals surface area (Å²) < 4.78 is 15.8. The topological polar surface area (TPSA) is 74.5 Å². The smallest absolute Gasteiger partial charge is 0.344 e. The van der Waals surface area contributed by atoms with Crippen LogP contribution in [0.1, 0.15) is 29.5 Å². The van der Waals surface area contributed by atoms with Crippen molar-refractivity contribution in [2.45, 2.75) is 33.8 Å². The van der Waals surface area contributed by atoms with Gasteiger partial charge in [0.25, 0.3) is 5.89 Å². The Morgan fingerprint density at radius 1 is 1.11 bits per heavy atom. The van der Waals surface area contributed by atoms with E-state index in [2.05, 4.69) is 17.1 Å². The zero-order valence-electron chi connectivity index (χ0n) is 15.7. The van der Waals surface area contributed by atoms with Gasteiger partial charge in [-0.2, -0.15) is 4.98 Å². The molecule has 0 N–H and O–H groups in total.